The predicted molar refractivity (Wildman–Crippen MR) is 47.6 cm³/mol. The molecule has 0 unspecified atom stereocenters. The standard InChI is InChI=1S/C8H5ClFNO3/c9-8(12)4-5-1-2-7(11(13)14)6(10)3-5/h1-3H,4H2. The smallest absolute Gasteiger partial charge is 0.281 e. The first-order chi connectivity index (χ1) is 6.50. The quantitative estimate of drug-likeness (QED) is 0.442. The van der Waals surface area contributed by atoms with E-state index >= 15 is 0 Å². The van der Waals surface area contributed by atoms with Crippen LogP contribution in [0.2, 0.25) is 0 Å². The lowest BCUT2D eigenvalue weighted by Crippen LogP contribution is -1.97. The highest BCUT2D eigenvalue weighted by Crippen LogP contribution is 2.18. The summed E-state index contributed by atoms with van der Waals surface area (Å²) in [7, 11) is 0. The van der Waals surface area contributed by atoms with Gasteiger partial charge in [0, 0.05) is 12.5 Å². The van der Waals surface area contributed by atoms with Crippen molar-refractivity contribution in [1.29, 1.82) is 0 Å². The molecular weight excluding hydrogens is 213 g/mol. The van der Waals surface area contributed by atoms with E-state index in [-0.39, 0.29) is 6.42 Å². The van der Waals surface area contributed by atoms with E-state index < -0.39 is 21.7 Å². The number of benzene rings is 1. The first-order valence-electron chi connectivity index (χ1n) is 3.62. The van der Waals surface area contributed by atoms with Crippen molar-refractivity contribution in [3.8, 4) is 0 Å². The highest BCUT2D eigenvalue weighted by atomic mass is 35.5. The molecule has 0 saturated heterocycles. The van der Waals surface area contributed by atoms with Crippen molar-refractivity contribution in [3.63, 3.8) is 0 Å². The van der Waals surface area contributed by atoms with Gasteiger partial charge in [0.1, 0.15) is 0 Å². The molecule has 0 amide bonds. The molecular formula is C8H5ClFNO3. The van der Waals surface area contributed by atoms with Crippen molar-refractivity contribution in [3.05, 3.63) is 39.7 Å². The molecule has 0 aliphatic carbocycles. The third kappa shape index (κ3) is 2.50. The maximum Gasteiger partial charge on any atom is 0.304 e. The number of halogens is 2. The normalized spacial score (nSPS) is 9.86. The topological polar surface area (TPSA) is 60.2 Å². The van der Waals surface area contributed by atoms with Gasteiger partial charge in [-0.3, -0.25) is 14.9 Å². The largest absolute Gasteiger partial charge is 0.304 e. The van der Waals surface area contributed by atoms with Crippen LogP contribution in [0.1, 0.15) is 5.56 Å². The summed E-state index contributed by atoms with van der Waals surface area (Å²) < 4.78 is 13.0. The zero-order valence-electron chi connectivity index (χ0n) is 6.87. The van der Waals surface area contributed by atoms with Crippen LogP contribution in [0.3, 0.4) is 0 Å². The minimum atomic E-state index is -0.967. The SMILES string of the molecule is O=C(Cl)Cc1ccc([N+](=O)[O-])c(F)c1. The number of nitrogens with zero attached hydrogens (tertiary/aromatic N) is 1. The van der Waals surface area contributed by atoms with E-state index in [1.165, 1.54) is 6.07 Å². The maximum absolute atomic E-state index is 13.0. The second kappa shape index (κ2) is 4.15. The number of hydrogen-bond donors (Lipinski definition) is 0. The number of nitro groups is 1. The number of rotatable bonds is 3. The van der Waals surface area contributed by atoms with Crippen LogP contribution in [0.15, 0.2) is 18.2 Å². The van der Waals surface area contributed by atoms with E-state index in [0.29, 0.717) is 5.56 Å². The molecule has 14 heavy (non-hydrogen) atoms. The minimum Gasteiger partial charge on any atom is -0.281 e. The summed E-state index contributed by atoms with van der Waals surface area (Å²) in [6, 6.07) is 3.23. The Hall–Kier alpha value is -1.49. The Morgan fingerprint density at radius 3 is 2.64 bits per heavy atom. The van der Waals surface area contributed by atoms with Gasteiger partial charge < -0.3 is 0 Å². The zero-order valence-corrected chi connectivity index (χ0v) is 7.62. The van der Waals surface area contributed by atoms with Crippen molar-refractivity contribution in [2.45, 2.75) is 6.42 Å². The van der Waals surface area contributed by atoms with Crippen LogP contribution in [-0.2, 0) is 11.2 Å². The summed E-state index contributed by atoms with van der Waals surface area (Å²) in [5, 5.41) is 9.59. The summed E-state index contributed by atoms with van der Waals surface area (Å²) in [6.45, 7) is 0. The fourth-order valence-electron chi connectivity index (χ4n) is 0.969. The van der Waals surface area contributed by atoms with Crippen molar-refractivity contribution in [2.75, 3.05) is 0 Å². The van der Waals surface area contributed by atoms with E-state index in [1.54, 1.807) is 0 Å². The Kier molecular flexibility index (Phi) is 3.14. The van der Waals surface area contributed by atoms with Crippen LogP contribution in [0, 0.1) is 15.9 Å². The van der Waals surface area contributed by atoms with Crippen molar-refractivity contribution in [2.24, 2.45) is 0 Å². The fraction of sp³-hybridized carbons (Fsp3) is 0.125. The highest BCUT2D eigenvalue weighted by molar-refractivity contribution is 6.63. The molecule has 1 rings (SSSR count). The predicted octanol–water partition coefficient (Wildman–Crippen LogP) is 2.04. The summed E-state index contributed by atoms with van der Waals surface area (Å²) in [5.41, 5.74) is -0.302. The molecule has 0 N–H and O–H groups in total. The van der Waals surface area contributed by atoms with Gasteiger partial charge in [-0.25, -0.2) is 0 Å². The summed E-state index contributed by atoms with van der Waals surface area (Å²) >= 11 is 5.07. The second-order valence-electron chi connectivity index (χ2n) is 2.57. The van der Waals surface area contributed by atoms with Gasteiger partial charge in [0.25, 0.3) is 0 Å². The third-order valence-electron chi connectivity index (χ3n) is 1.55. The lowest BCUT2D eigenvalue weighted by molar-refractivity contribution is -0.387. The molecule has 1 aromatic rings. The fourth-order valence-corrected chi connectivity index (χ4v) is 1.12. The lowest BCUT2D eigenvalue weighted by atomic mass is 10.1. The molecule has 0 spiro atoms. The molecule has 0 aliphatic heterocycles. The van der Waals surface area contributed by atoms with Crippen molar-refractivity contribution in [1.82, 2.24) is 0 Å². The molecule has 0 fully saturated rings. The molecule has 6 heteroatoms. The Balaban J connectivity index is 3.00. The number of carbonyl (C=O) groups excluding carboxylic acids is 1. The van der Waals surface area contributed by atoms with E-state index in [0.717, 1.165) is 12.1 Å². The van der Waals surface area contributed by atoms with Gasteiger partial charge in [-0.1, -0.05) is 6.07 Å². The number of hydrogen-bond acceptors (Lipinski definition) is 3. The average Bonchev–Trinajstić information content (AvgIpc) is 2.01. The van der Waals surface area contributed by atoms with Gasteiger partial charge in [0.2, 0.25) is 11.1 Å². The Morgan fingerprint density at radius 1 is 1.57 bits per heavy atom. The summed E-state index contributed by atoms with van der Waals surface area (Å²) in [6.07, 6.45) is -0.142. The molecule has 0 radical (unpaired) electrons. The molecule has 4 nitrogen and oxygen atoms in total. The van der Waals surface area contributed by atoms with E-state index in [1.807, 2.05) is 0 Å². The molecule has 0 aliphatic rings. The van der Waals surface area contributed by atoms with Gasteiger partial charge >= 0.3 is 5.69 Å². The van der Waals surface area contributed by atoms with Crippen molar-refractivity contribution < 1.29 is 14.1 Å². The van der Waals surface area contributed by atoms with E-state index in [2.05, 4.69) is 0 Å². The molecule has 0 heterocycles. The molecule has 1 aromatic carbocycles. The van der Waals surface area contributed by atoms with Crippen LogP contribution in [-0.4, -0.2) is 10.2 Å². The summed E-state index contributed by atoms with van der Waals surface area (Å²) in [4.78, 5) is 19.8. The Morgan fingerprint density at radius 2 is 2.21 bits per heavy atom. The van der Waals surface area contributed by atoms with E-state index in [4.69, 9.17) is 11.6 Å². The third-order valence-corrected chi connectivity index (χ3v) is 1.69. The molecule has 0 saturated carbocycles. The molecule has 0 bridgehead atoms. The molecule has 0 atom stereocenters. The Bertz CT molecular complexity index is 394. The van der Waals surface area contributed by atoms with Crippen LogP contribution in [0.5, 0.6) is 0 Å². The van der Waals surface area contributed by atoms with Crippen LogP contribution >= 0.6 is 11.6 Å². The van der Waals surface area contributed by atoms with Crippen LogP contribution in [0.25, 0.3) is 0 Å². The first-order valence-corrected chi connectivity index (χ1v) is 3.99. The maximum atomic E-state index is 13.0. The van der Waals surface area contributed by atoms with Gasteiger partial charge in [-0.15, -0.1) is 0 Å². The van der Waals surface area contributed by atoms with Crippen LogP contribution < -0.4 is 0 Å². The van der Waals surface area contributed by atoms with Crippen LogP contribution in [0.4, 0.5) is 10.1 Å². The molecule has 0 aromatic heterocycles. The van der Waals surface area contributed by atoms with Gasteiger partial charge in [-0.05, 0) is 23.2 Å². The van der Waals surface area contributed by atoms with Gasteiger partial charge in [-0.2, -0.15) is 4.39 Å². The highest BCUT2D eigenvalue weighted by Gasteiger charge is 2.14. The Labute approximate surface area is 83.4 Å². The van der Waals surface area contributed by atoms with E-state index in [9.17, 15) is 19.3 Å². The number of carbonyl (C=O) groups is 1. The van der Waals surface area contributed by atoms with Gasteiger partial charge in [0.05, 0.1) is 4.92 Å². The zero-order chi connectivity index (χ0) is 10.7. The second-order valence-corrected chi connectivity index (χ2v) is 3.00. The summed E-state index contributed by atoms with van der Waals surface area (Å²) in [5.74, 6) is -0.967. The lowest BCUT2D eigenvalue weighted by Gasteiger charge is -1.97. The molecule has 74 valence electrons. The minimum absolute atomic E-state index is 0.142. The average molecular weight is 218 g/mol. The monoisotopic (exact) mass is 217 g/mol. The number of nitro benzene ring substituents is 1. The van der Waals surface area contributed by atoms with Gasteiger partial charge in [0.15, 0.2) is 0 Å². The first kappa shape index (κ1) is 10.6. The van der Waals surface area contributed by atoms with Crippen molar-refractivity contribution >= 4 is 22.5 Å².